The van der Waals surface area contributed by atoms with Gasteiger partial charge in [-0.05, 0) is 35.4 Å². The first-order valence-corrected chi connectivity index (χ1v) is 9.21. The lowest BCUT2D eigenvalue weighted by atomic mass is 9.69. The fourth-order valence-corrected chi connectivity index (χ4v) is 4.27. The SMILES string of the molecule is C1=CC(c2ccncc2)(c2ccncc2)Cc2[nH]nc(-c3cncs3)c21. The van der Waals surface area contributed by atoms with Gasteiger partial charge in [0, 0.05) is 54.1 Å². The molecule has 0 saturated carbocycles. The van der Waals surface area contributed by atoms with Crippen molar-refractivity contribution in [3.63, 3.8) is 0 Å². The van der Waals surface area contributed by atoms with Crippen LogP contribution in [0.4, 0.5) is 0 Å². The highest BCUT2D eigenvalue weighted by atomic mass is 32.1. The van der Waals surface area contributed by atoms with E-state index in [0.29, 0.717) is 0 Å². The van der Waals surface area contributed by atoms with E-state index in [0.717, 1.165) is 28.2 Å². The molecular weight excluding hydrogens is 342 g/mol. The monoisotopic (exact) mass is 357 g/mol. The largest absolute Gasteiger partial charge is 0.281 e. The van der Waals surface area contributed by atoms with E-state index in [1.54, 1.807) is 11.3 Å². The number of pyridine rings is 2. The van der Waals surface area contributed by atoms with Crippen LogP contribution in [-0.2, 0) is 11.8 Å². The summed E-state index contributed by atoms with van der Waals surface area (Å²) in [5.41, 5.74) is 7.22. The second-order valence-electron chi connectivity index (χ2n) is 6.28. The van der Waals surface area contributed by atoms with Crippen molar-refractivity contribution in [3.8, 4) is 10.6 Å². The second-order valence-corrected chi connectivity index (χ2v) is 7.17. The Kier molecular flexibility index (Phi) is 3.50. The summed E-state index contributed by atoms with van der Waals surface area (Å²) in [6, 6.07) is 8.32. The molecule has 4 aromatic heterocycles. The molecule has 0 fully saturated rings. The summed E-state index contributed by atoms with van der Waals surface area (Å²) in [4.78, 5) is 13.6. The number of nitrogens with one attached hydrogen (secondary N) is 1. The Morgan fingerprint density at radius 2 is 1.62 bits per heavy atom. The molecule has 0 atom stereocenters. The maximum absolute atomic E-state index is 4.56. The maximum Gasteiger partial charge on any atom is 0.111 e. The minimum atomic E-state index is -0.267. The maximum atomic E-state index is 4.56. The number of allylic oxidation sites excluding steroid dienone is 1. The van der Waals surface area contributed by atoms with Crippen LogP contribution in [0.2, 0.25) is 0 Å². The lowest BCUT2D eigenvalue weighted by Crippen LogP contribution is -2.30. The lowest BCUT2D eigenvalue weighted by molar-refractivity contribution is 0.619. The van der Waals surface area contributed by atoms with Crippen LogP contribution >= 0.6 is 11.3 Å². The van der Waals surface area contributed by atoms with E-state index < -0.39 is 0 Å². The number of hydrogen-bond donors (Lipinski definition) is 1. The van der Waals surface area contributed by atoms with Crippen molar-refractivity contribution in [2.24, 2.45) is 0 Å². The lowest BCUT2D eigenvalue weighted by Gasteiger charge is -2.34. The zero-order valence-electron chi connectivity index (χ0n) is 13.8. The molecule has 1 aliphatic rings. The minimum absolute atomic E-state index is 0.267. The summed E-state index contributed by atoms with van der Waals surface area (Å²) in [6.45, 7) is 0. The second kappa shape index (κ2) is 6.00. The minimum Gasteiger partial charge on any atom is -0.281 e. The predicted octanol–water partition coefficient (Wildman–Crippen LogP) is 3.88. The molecule has 0 bridgehead atoms. The molecule has 5 rings (SSSR count). The first-order valence-electron chi connectivity index (χ1n) is 8.33. The highest BCUT2D eigenvalue weighted by Crippen LogP contribution is 2.42. The van der Waals surface area contributed by atoms with E-state index in [9.17, 15) is 0 Å². The summed E-state index contributed by atoms with van der Waals surface area (Å²) < 4.78 is 0. The fourth-order valence-electron chi connectivity index (χ4n) is 3.65. The molecule has 0 aromatic carbocycles. The van der Waals surface area contributed by atoms with Gasteiger partial charge < -0.3 is 0 Å². The van der Waals surface area contributed by atoms with Crippen LogP contribution in [-0.4, -0.2) is 25.1 Å². The van der Waals surface area contributed by atoms with Crippen molar-refractivity contribution < 1.29 is 0 Å². The van der Waals surface area contributed by atoms with E-state index in [1.165, 1.54) is 11.1 Å². The number of thiazole rings is 1. The highest BCUT2D eigenvalue weighted by molar-refractivity contribution is 7.13. The number of H-pyrrole nitrogens is 1. The summed E-state index contributed by atoms with van der Waals surface area (Å²) in [5, 5.41) is 7.82. The number of aromatic amines is 1. The van der Waals surface area contributed by atoms with Gasteiger partial charge in [-0.2, -0.15) is 5.10 Å². The molecule has 6 heteroatoms. The van der Waals surface area contributed by atoms with Gasteiger partial charge in [0.05, 0.1) is 10.4 Å². The Morgan fingerprint density at radius 1 is 0.923 bits per heavy atom. The Labute approximate surface area is 154 Å². The Bertz CT molecular complexity index is 1010. The number of hydrogen-bond acceptors (Lipinski definition) is 5. The smallest absolute Gasteiger partial charge is 0.111 e. The fraction of sp³-hybridized carbons (Fsp3) is 0.100. The van der Waals surface area contributed by atoms with Gasteiger partial charge in [-0.3, -0.25) is 20.1 Å². The van der Waals surface area contributed by atoms with E-state index in [4.69, 9.17) is 0 Å². The van der Waals surface area contributed by atoms with Crippen molar-refractivity contribution in [2.75, 3.05) is 0 Å². The first-order chi connectivity index (χ1) is 12.9. The molecule has 5 nitrogen and oxygen atoms in total. The van der Waals surface area contributed by atoms with Crippen molar-refractivity contribution in [1.29, 1.82) is 0 Å². The van der Waals surface area contributed by atoms with Crippen LogP contribution in [0.25, 0.3) is 16.6 Å². The van der Waals surface area contributed by atoms with Crippen LogP contribution < -0.4 is 0 Å². The molecule has 126 valence electrons. The zero-order valence-corrected chi connectivity index (χ0v) is 14.6. The Morgan fingerprint density at radius 3 is 2.23 bits per heavy atom. The number of nitrogens with zero attached hydrogens (tertiary/aromatic N) is 4. The quantitative estimate of drug-likeness (QED) is 0.604. The molecule has 1 N–H and O–H groups in total. The van der Waals surface area contributed by atoms with E-state index in [1.807, 2.05) is 36.5 Å². The first kappa shape index (κ1) is 15.2. The van der Waals surface area contributed by atoms with Gasteiger partial charge in [-0.1, -0.05) is 12.2 Å². The highest BCUT2D eigenvalue weighted by Gasteiger charge is 2.36. The molecule has 4 aromatic rings. The third kappa shape index (κ3) is 2.30. The Hall–Kier alpha value is -3.12. The van der Waals surface area contributed by atoms with Crippen LogP contribution in [0.15, 0.2) is 66.8 Å². The van der Waals surface area contributed by atoms with Gasteiger partial charge >= 0.3 is 0 Å². The van der Waals surface area contributed by atoms with Gasteiger partial charge in [-0.15, -0.1) is 11.3 Å². The molecule has 0 radical (unpaired) electrons. The summed E-state index contributed by atoms with van der Waals surface area (Å²) in [6.07, 6.45) is 14.5. The average Bonchev–Trinajstić information content (AvgIpc) is 3.38. The van der Waals surface area contributed by atoms with Crippen molar-refractivity contribution >= 4 is 17.4 Å². The summed E-state index contributed by atoms with van der Waals surface area (Å²) in [5.74, 6) is 0. The van der Waals surface area contributed by atoms with Gasteiger partial charge in [0.2, 0.25) is 0 Å². The van der Waals surface area contributed by atoms with Crippen LogP contribution in [0.3, 0.4) is 0 Å². The van der Waals surface area contributed by atoms with E-state index >= 15 is 0 Å². The molecule has 0 aliphatic heterocycles. The molecule has 0 unspecified atom stereocenters. The average molecular weight is 357 g/mol. The van der Waals surface area contributed by atoms with Gasteiger partial charge in [-0.25, -0.2) is 0 Å². The van der Waals surface area contributed by atoms with E-state index in [-0.39, 0.29) is 5.41 Å². The van der Waals surface area contributed by atoms with Gasteiger partial charge in [0.15, 0.2) is 0 Å². The van der Waals surface area contributed by atoms with Crippen molar-refractivity contribution in [1.82, 2.24) is 25.1 Å². The summed E-state index contributed by atoms with van der Waals surface area (Å²) in [7, 11) is 0. The normalized spacial score (nSPS) is 14.9. The van der Waals surface area contributed by atoms with Crippen molar-refractivity contribution in [2.45, 2.75) is 11.8 Å². The number of aromatic nitrogens is 5. The Balaban J connectivity index is 1.67. The zero-order chi connectivity index (χ0) is 17.4. The topological polar surface area (TPSA) is 67.3 Å². The van der Waals surface area contributed by atoms with Crippen LogP contribution in [0, 0.1) is 0 Å². The van der Waals surface area contributed by atoms with Crippen LogP contribution in [0.1, 0.15) is 22.4 Å². The number of rotatable bonds is 3. The molecule has 4 heterocycles. The molecule has 1 aliphatic carbocycles. The predicted molar refractivity (Wildman–Crippen MR) is 102 cm³/mol. The molecule has 26 heavy (non-hydrogen) atoms. The van der Waals surface area contributed by atoms with Crippen molar-refractivity contribution in [3.05, 3.63) is 89.2 Å². The van der Waals surface area contributed by atoms with Gasteiger partial charge in [0.25, 0.3) is 0 Å². The third-order valence-electron chi connectivity index (χ3n) is 4.93. The number of fused-ring (bicyclic) bond motifs is 1. The van der Waals surface area contributed by atoms with Crippen LogP contribution in [0.5, 0.6) is 0 Å². The summed E-state index contributed by atoms with van der Waals surface area (Å²) >= 11 is 1.60. The standard InChI is InChI=1S/C20H15N5S/c1-6-20(14-2-7-21-8-3-14,15-4-9-22-10-5-15)11-17-16(1)19(25-24-17)18-12-23-13-26-18/h1-10,12-13H,11H2,(H,24,25). The molecule has 0 saturated heterocycles. The molecule has 0 amide bonds. The van der Waals surface area contributed by atoms with Gasteiger partial charge in [0.1, 0.15) is 5.69 Å². The molecular formula is C20H15N5S. The molecule has 0 spiro atoms. The van der Waals surface area contributed by atoms with E-state index in [2.05, 4.69) is 61.6 Å². The third-order valence-corrected chi connectivity index (χ3v) is 5.71.